The summed E-state index contributed by atoms with van der Waals surface area (Å²) in [6, 6.07) is 7.30. The summed E-state index contributed by atoms with van der Waals surface area (Å²) in [6.45, 7) is 4.44. The van der Waals surface area contributed by atoms with Crippen molar-refractivity contribution in [3.63, 3.8) is 0 Å². The molecular weight excluding hydrogens is 216 g/mol. The summed E-state index contributed by atoms with van der Waals surface area (Å²) in [7, 11) is 0. The lowest BCUT2D eigenvalue weighted by Crippen LogP contribution is -2.36. The quantitative estimate of drug-likeness (QED) is 0.448. The molecule has 0 spiro atoms. The molecule has 0 fully saturated rings. The minimum atomic E-state index is -0.701. The zero-order chi connectivity index (χ0) is 12.8. The molecule has 17 heavy (non-hydrogen) atoms. The van der Waals surface area contributed by atoms with E-state index in [1.807, 2.05) is 19.9 Å². The maximum Gasteiger partial charge on any atom is 0.137 e. The zero-order valence-corrected chi connectivity index (χ0v) is 10.1. The summed E-state index contributed by atoms with van der Waals surface area (Å²) in [4.78, 5) is 0. The molecule has 0 radical (unpaired) electrons. The van der Waals surface area contributed by atoms with Gasteiger partial charge in [0.15, 0.2) is 0 Å². The molecule has 5 nitrogen and oxygen atoms in total. The van der Waals surface area contributed by atoms with Crippen LogP contribution in [0, 0.1) is 11.3 Å². The largest absolute Gasteiger partial charge is 0.398 e. The molecule has 0 saturated heterocycles. The lowest BCUT2D eigenvalue weighted by molar-refractivity contribution is 0.196. The highest BCUT2D eigenvalue weighted by atomic mass is 16.3. The van der Waals surface area contributed by atoms with Crippen LogP contribution in [-0.2, 0) is 0 Å². The van der Waals surface area contributed by atoms with Crippen molar-refractivity contribution in [3.8, 4) is 6.07 Å². The van der Waals surface area contributed by atoms with Gasteiger partial charge >= 0.3 is 0 Å². The van der Waals surface area contributed by atoms with Gasteiger partial charge in [0.05, 0.1) is 5.56 Å². The number of nitrogens with zero attached hydrogens (tertiary/aromatic N) is 1. The van der Waals surface area contributed by atoms with Crippen molar-refractivity contribution >= 4 is 11.4 Å². The Bertz CT molecular complexity index is 411. The molecule has 0 aliphatic rings. The van der Waals surface area contributed by atoms with Gasteiger partial charge in [-0.25, -0.2) is 0 Å². The van der Waals surface area contributed by atoms with Crippen LogP contribution in [0.15, 0.2) is 18.2 Å². The third-order valence-corrected chi connectivity index (χ3v) is 2.23. The lowest BCUT2D eigenvalue weighted by atomic mass is 10.2. The van der Waals surface area contributed by atoms with Crippen LogP contribution in [0.25, 0.3) is 0 Å². The van der Waals surface area contributed by atoms with Crippen molar-refractivity contribution in [2.24, 2.45) is 0 Å². The molecule has 1 aromatic carbocycles. The molecule has 1 unspecified atom stereocenters. The van der Waals surface area contributed by atoms with Gasteiger partial charge in [-0.05, 0) is 18.2 Å². The van der Waals surface area contributed by atoms with Gasteiger partial charge in [0.25, 0.3) is 0 Å². The lowest BCUT2D eigenvalue weighted by Gasteiger charge is -2.17. The van der Waals surface area contributed by atoms with Crippen molar-refractivity contribution in [3.05, 3.63) is 23.8 Å². The second-order valence-corrected chi connectivity index (χ2v) is 4.14. The van der Waals surface area contributed by atoms with Gasteiger partial charge < -0.3 is 21.5 Å². The Kier molecular flexibility index (Phi) is 4.76. The second-order valence-electron chi connectivity index (χ2n) is 4.14. The van der Waals surface area contributed by atoms with Crippen LogP contribution >= 0.6 is 0 Å². The smallest absolute Gasteiger partial charge is 0.137 e. The van der Waals surface area contributed by atoms with Crippen LogP contribution < -0.4 is 16.4 Å². The Hall–Kier alpha value is -1.77. The van der Waals surface area contributed by atoms with Crippen molar-refractivity contribution in [1.29, 1.82) is 5.26 Å². The average molecular weight is 234 g/mol. The number of nitrogens with two attached hydrogens (primary N) is 1. The normalized spacial score (nSPS) is 12.2. The van der Waals surface area contributed by atoms with Crippen molar-refractivity contribution in [1.82, 2.24) is 5.32 Å². The minimum Gasteiger partial charge on any atom is -0.398 e. The van der Waals surface area contributed by atoms with Crippen LogP contribution in [0.4, 0.5) is 11.4 Å². The molecule has 0 amide bonds. The first-order valence-electron chi connectivity index (χ1n) is 5.50. The molecular formula is C12H18N4O. The number of hydrogen-bond acceptors (Lipinski definition) is 5. The van der Waals surface area contributed by atoms with Crippen LogP contribution in [0.5, 0.6) is 0 Å². The van der Waals surface area contributed by atoms with Crippen LogP contribution in [0.3, 0.4) is 0 Å². The van der Waals surface area contributed by atoms with Gasteiger partial charge in [-0.15, -0.1) is 0 Å². The van der Waals surface area contributed by atoms with Gasteiger partial charge in [-0.2, -0.15) is 5.26 Å². The van der Waals surface area contributed by atoms with Crippen molar-refractivity contribution in [2.75, 3.05) is 17.6 Å². The van der Waals surface area contributed by atoms with E-state index in [0.29, 0.717) is 29.5 Å². The first-order chi connectivity index (χ1) is 8.02. The Labute approximate surface area is 101 Å². The fourth-order valence-electron chi connectivity index (χ4n) is 1.33. The topological polar surface area (TPSA) is 94.1 Å². The molecule has 0 aliphatic carbocycles. The fourth-order valence-corrected chi connectivity index (χ4v) is 1.33. The van der Waals surface area contributed by atoms with Crippen molar-refractivity contribution < 1.29 is 5.11 Å². The summed E-state index contributed by atoms with van der Waals surface area (Å²) in [5.41, 5.74) is 7.12. The minimum absolute atomic E-state index is 0.313. The molecule has 0 aromatic heterocycles. The molecule has 5 N–H and O–H groups in total. The predicted octanol–water partition coefficient (Wildman–Crippen LogP) is 0.869. The maximum absolute atomic E-state index is 9.70. The summed E-state index contributed by atoms with van der Waals surface area (Å²) in [6.07, 6.45) is -0.701. The molecule has 1 aromatic rings. The van der Waals surface area contributed by atoms with E-state index in [1.54, 1.807) is 18.2 Å². The molecule has 0 heterocycles. The number of aliphatic hydroxyl groups excluding tert-OH is 1. The van der Waals surface area contributed by atoms with Gasteiger partial charge in [0.2, 0.25) is 0 Å². The predicted molar refractivity (Wildman–Crippen MR) is 68.3 cm³/mol. The summed E-state index contributed by atoms with van der Waals surface area (Å²) < 4.78 is 0. The van der Waals surface area contributed by atoms with E-state index in [0.717, 1.165) is 0 Å². The van der Waals surface area contributed by atoms with E-state index in [4.69, 9.17) is 11.0 Å². The third kappa shape index (κ3) is 4.31. The Morgan fingerprint density at radius 1 is 1.47 bits per heavy atom. The van der Waals surface area contributed by atoms with Gasteiger partial charge in [0, 0.05) is 24.0 Å². The Morgan fingerprint density at radius 3 is 2.76 bits per heavy atom. The zero-order valence-electron chi connectivity index (χ0n) is 10.1. The molecule has 5 heteroatoms. The van der Waals surface area contributed by atoms with E-state index in [2.05, 4.69) is 10.6 Å². The number of hydrogen-bond donors (Lipinski definition) is 4. The fraction of sp³-hybridized carbons (Fsp3) is 0.417. The number of rotatable bonds is 5. The highest BCUT2D eigenvalue weighted by molar-refractivity contribution is 5.61. The number of anilines is 2. The molecule has 0 saturated carbocycles. The molecule has 92 valence electrons. The van der Waals surface area contributed by atoms with Crippen LogP contribution in [-0.4, -0.2) is 23.9 Å². The average Bonchev–Trinajstić information content (AvgIpc) is 2.29. The number of aliphatic hydroxyl groups is 1. The SMILES string of the molecule is CC(C)NCC(O)Nc1ccc(N)c(C#N)c1. The second kappa shape index (κ2) is 6.09. The Morgan fingerprint density at radius 2 is 2.18 bits per heavy atom. The maximum atomic E-state index is 9.70. The first-order valence-corrected chi connectivity index (χ1v) is 5.50. The number of nitrogens with one attached hydrogen (secondary N) is 2. The molecule has 1 rings (SSSR count). The Balaban J connectivity index is 2.60. The number of nitriles is 1. The summed E-state index contributed by atoms with van der Waals surface area (Å²) in [5, 5.41) is 24.5. The molecule has 0 bridgehead atoms. The third-order valence-electron chi connectivity index (χ3n) is 2.23. The van der Waals surface area contributed by atoms with Crippen molar-refractivity contribution in [2.45, 2.75) is 26.1 Å². The van der Waals surface area contributed by atoms with E-state index in [9.17, 15) is 5.11 Å². The van der Waals surface area contributed by atoms with Crippen LogP contribution in [0.2, 0.25) is 0 Å². The van der Waals surface area contributed by atoms with Crippen LogP contribution in [0.1, 0.15) is 19.4 Å². The highest BCUT2D eigenvalue weighted by Crippen LogP contribution is 2.17. The van der Waals surface area contributed by atoms with E-state index in [-0.39, 0.29) is 0 Å². The standard InChI is InChI=1S/C12H18N4O/c1-8(2)15-7-12(17)16-10-3-4-11(14)9(5-10)6-13/h3-5,8,12,15-17H,7,14H2,1-2H3. The molecule has 1 atom stereocenters. The van der Waals surface area contributed by atoms with Gasteiger partial charge in [0.1, 0.15) is 12.3 Å². The van der Waals surface area contributed by atoms with Gasteiger partial charge in [-0.1, -0.05) is 13.8 Å². The highest BCUT2D eigenvalue weighted by Gasteiger charge is 2.06. The number of nitrogen functional groups attached to an aromatic ring is 1. The van der Waals surface area contributed by atoms with E-state index in [1.165, 1.54) is 0 Å². The first kappa shape index (κ1) is 13.3. The van der Waals surface area contributed by atoms with Gasteiger partial charge in [-0.3, -0.25) is 0 Å². The number of benzene rings is 1. The summed E-state index contributed by atoms with van der Waals surface area (Å²) >= 11 is 0. The summed E-state index contributed by atoms with van der Waals surface area (Å²) in [5.74, 6) is 0. The van der Waals surface area contributed by atoms with E-state index >= 15 is 0 Å². The van der Waals surface area contributed by atoms with E-state index < -0.39 is 6.23 Å². The molecule has 0 aliphatic heterocycles. The monoisotopic (exact) mass is 234 g/mol.